The second-order valence-corrected chi connectivity index (χ2v) is 14.2. The second-order valence-electron chi connectivity index (χ2n) is 13.1. The van der Waals surface area contributed by atoms with E-state index in [9.17, 15) is 0 Å². The average molecular weight is 641 g/mol. The summed E-state index contributed by atoms with van der Waals surface area (Å²) in [5.74, 6) is 0.309. The summed E-state index contributed by atoms with van der Waals surface area (Å²) in [6, 6.07) is 58.4. The van der Waals surface area contributed by atoms with Gasteiger partial charge >= 0.3 is 0 Å². The molecule has 0 nitrogen and oxygen atoms in total. The smallest absolute Gasteiger partial charge is 0.0433 e. The number of allylic oxidation sites excluding steroid dienone is 4. The number of benzene rings is 7. The fourth-order valence-electron chi connectivity index (χ4n) is 8.31. The standard InChI is InChI=1S/C48H32S/c1-2-14-31(15-3-1)46-39-21-6-8-23-41(39)47(42-24-9-7-22-40(42)46)43-29-28-34(36-18-4-5-19-37(36)43)32-16-12-17-33(30-32)35-25-13-26-44-38-20-10-11-27-45(38)49-48(35)44/h1-21,23-30,40H,22H2. The van der Waals surface area contributed by atoms with Crippen LogP contribution in [0, 0.1) is 5.92 Å². The maximum atomic E-state index is 2.38. The fourth-order valence-corrected chi connectivity index (χ4v) is 9.55. The van der Waals surface area contributed by atoms with E-state index in [0.29, 0.717) is 5.92 Å². The molecule has 0 amide bonds. The van der Waals surface area contributed by atoms with Crippen LogP contribution in [0.1, 0.15) is 17.5 Å². The van der Waals surface area contributed by atoms with Gasteiger partial charge in [0.1, 0.15) is 0 Å². The average Bonchev–Trinajstić information content (AvgIpc) is 3.56. The largest absolute Gasteiger partial charge is 0.135 e. The molecule has 7 aromatic carbocycles. The molecular weight excluding hydrogens is 609 g/mol. The number of hydrogen-bond donors (Lipinski definition) is 0. The minimum absolute atomic E-state index is 0.309. The Morgan fingerprint density at radius 3 is 1.96 bits per heavy atom. The number of hydrogen-bond acceptors (Lipinski definition) is 1. The molecule has 2 aliphatic carbocycles. The molecule has 0 saturated heterocycles. The van der Waals surface area contributed by atoms with Crippen LogP contribution in [0.3, 0.4) is 0 Å². The molecule has 1 heteroatoms. The van der Waals surface area contributed by atoms with Gasteiger partial charge in [-0.3, -0.25) is 0 Å². The molecule has 230 valence electrons. The van der Waals surface area contributed by atoms with Gasteiger partial charge in [0.25, 0.3) is 0 Å². The van der Waals surface area contributed by atoms with E-state index in [1.807, 2.05) is 11.3 Å². The van der Waals surface area contributed by atoms with Crippen LogP contribution < -0.4 is 10.4 Å². The first-order valence-corrected chi connectivity index (χ1v) is 17.9. The summed E-state index contributed by atoms with van der Waals surface area (Å²) in [5, 5.41) is 7.90. The highest BCUT2D eigenvalue weighted by molar-refractivity contribution is 7.26. The normalized spacial score (nSPS) is 15.4. The third-order valence-corrected chi connectivity index (χ3v) is 11.7. The molecule has 1 atom stereocenters. The van der Waals surface area contributed by atoms with Crippen LogP contribution in [-0.2, 0) is 0 Å². The summed E-state index contributed by atoms with van der Waals surface area (Å²) in [5.41, 5.74) is 11.9. The number of rotatable bonds is 4. The minimum atomic E-state index is 0.309. The van der Waals surface area contributed by atoms with Crippen LogP contribution in [0.2, 0.25) is 0 Å². The van der Waals surface area contributed by atoms with E-state index in [1.165, 1.54) is 91.5 Å². The molecule has 0 fully saturated rings. The van der Waals surface area contributed by atoms with Crippen LogP contribution in [0.15, 0.2) is 182 Å². The topological polar surface area (TPSA) is 0 Å². The van der Waals surface area contributed by atoms with Gasteiger partial charge in [-0.25, -0.2) is 0 Å². The first-order chi connectivity index (χ1) is 24.3. The van der Waals surface area contributed by atoms with Crippen molar-refractivity contribution in [1.29, 1.82) is 0 Å². The summed E-state index contributed by atoms with van der Waals surface area (Å²) >= 11 is 1.89. The van der Waals surface area contributed by atoms with E-state index in [-0.39, 0.29) is 0 Å². The second kappa shape index (κ2) is 11.4. The van der Waals surface area contributed by atoms with Crippen molar-refractivity contribution in [3.8, 4) is 22.3 Å². The third kappa shape index (κ3) is 4.50. The highest BCUT2D eigenvalue weighted by atomic mass is 32.1. The van der Waals surface area contributed by atoms with E-state index in [2.05, 4.69) is 176 Å². The van der Waals surface area contributed by atoms with E-state index in [0.717, 1.165) is 6.42 Å². The van der Waals surface area contributed by atoms with Gasteiger partial charge in [-0.1, -0.05) is 164 Å². The summed E-state index contributed by atoms with van der Waals surface area (Å²) in [6.07, 6.45) is 7.95. The minimum Gasteiger partial charge on any atom is -0.135 e. The molecule has 0 saturated carbocycles. The molecule has 1 heterocycles. The molecule has 0 radical (unpaired) electrons. The Labute approximate surface area is 289 Å². The Bertz CT molecular complexity index is 2790. The molecule has 1 aromatic heterocycles. The van der Waals surface area contributed by atoms with Crippen LogP contribution in [-0.4, -0.2) is 0 Å². The molecule has 0 aliphatic heterocycles. The van der Waals surface area contributed by atoms with Crippen molar-refractivity contribution in [2.75, 3.05) is 0 Å². The lowest BCUT2D eigenvalue weighted by molar-refractivity contribution is 0.798. The van der Waals surface area contributed by atoms with Crippen molar-refractivity contribution in [2.24, 2.45) is 5.92 Å². The Hall–Kier alpha value is -5.76. The van der Waals surface area contributed by atoms with E-state index < -0.39 is 0 Å². The van der Waals surface area contributed by atoms with Crippen molar-refractivity contribution < 1.29 is 0 Å². The quantitative estimate of drug-likeness (QED) is 0.180. The maximum absolute atomic E-state index is 2.38. The first-order valence-electron chi connectivity index (χ1n) is 17.1. The zero-order chi connectivity index (χ0) is 32.3. The zero-order valence-electron chi connectivity index (χ0n) is 26.9. The Kier molecular flexibility index (Phi) is 6.60. The molecule has 1 unspecified atom stereocenters. The monoisotopic (exact) mass is 640 g/mol. The van der Waals surface area contributed by atoms with Crippen LogP contribution in [0.25, 0.3) is 64.3 Å². The summed E-state index contributed by atoms with van der Waals surface area (Å²) < 4.78 is 2.69. The number of thiophene rings is 1. The molecule has 0 spiro atoms. The summed E-state index contributed by atoms with van der Waals surface area (Å²) in [7, 11) is 0. The van der Waals surface area contributed by atoms with Gasteiger partial charge in [-0.2, -0.15) is 0 Å². The Morgan fingerprint density at radius 2 is 1.10 bits per heavy atom. The third-order valence-electron chi connectivity index (χ3n) is 10.4. The van der Waals surface area contributed by atoms with E-state index in [4.69, 9.17) is 0 Å². The van der Waals surface area contributed by atoms with Crippen molar-refractivity contribution in [3.05, 3.63) is 203 Å². The summed E-state index contributed by atoms with van der Waals surface area (Å²) in [4.78, 5) is 0. The molecule has 2 aliphatic rings. The lowest BCUT2D eigenvalue weighted by atomic mass is 9.72. The number of fused-ring (bicyclic) bond motifs is 6. The van der Waals surface area contributed by atoms with Crippen molar-refractivity contribution in [3.63, 3.8) is 0 Å². The van der Waals surface area contributed by atoms with Gasteiger partial charge in [0, 0.05) is 26.1 Å². The highest BCUT2D eigenvalue weighted by Crippen LogP contribution is 2.44. The summed E-state index contributed by atoms with van der Waals surface area (Å²) in [6.45, 7) is 0. The van der Waals surface area contributed by atoms with E-state index in [1.54, 1.807) is 0 Å². The van der Waals surface area contributed by atoms with Crippen LogP contribution >= 0.6 is 11.3 Å². The molecule has 10 rings (SSSR count). The van der Waals surface area contributed by atoms with Crippen molar-refractivity contribution in [2.45, 2.75) is 6.42 Å². The SMILES string of the molecule is C1=CCC2C(=C1)C(c1ccc(-c3cccc(-c4cccc5c4sc4ccccc45)c3)c3ccccc13)=c1ccccc1=C2c1ccccc1. The molecule has 8 aromatic rings. The van der Waals surface area contributed by atoms with Gasteiger partial charge in [0.2, 0.25) is 0 Å². The predicted octanol–water partition coefficient (Wildman–Crippen LogP) is 11.5. The van der Waals surface area contributed by atoms with Crippen molar-refractivity contribution >= 4 is 53.4 Å². The molecule has 0 bridgehead atoms. The van der Waals surface area contributed by atoms with Gasteiger partial charge in [-0.15, -0.1) is 11.3 Å². The highest BCUT2D eigenvalue weighted by Gasteiger charge is 2.30. The molecule has 49 heavy (non-hydrogen) atoms. The zero-order valence-corrected chi connectivity index (χ0v) is 27.8. The Morgan fingerprint density at radius 1 is 0.469 bits per heavy atom. The van der Waals surface area contributed by atoms with Gasteiger partial charge < -0.3 is 0 Å². The van der Waals surface area contributed by atoms with Crippen molar-refractivity contribution in [1.82, 2.24) is 0 Å². The predicted molar refractivity (Wildman–Crippen MR) is 210 cm³/mol. The maximum Gasteiger partial charge on any atom is 0.0433 e. The fraction of sp³-hybridized carbons (Fsp3) is 0.0417. The van der Waals surface area contributed by atoms with Gasteiger partial charge in [0.15, 0.2) is 0 Å². The lowest BCUT2D eigenvalue weighted by Gasteiger charge is -2.31. The lowest BCUT2D eigenvalue weighted by Crippen LogP contribution is -2.37. The van der Waals surface area contributed by atoms with Gasteiger partial charge in [-0.05, 0) is 89.9 Å². The Balaban J connectivity index is 1.19. The van der Waals surface area contributed by atoms with Crippen LogP contribution in [0.5, 0.6) is 0 Å². The molecule has 0 N–H and O–H groups in total. The van der Waals surface area contributed by atoms with Crippen LogP contribution in [0.4, 0.5) is 0 Å². The first kappa shape index (κ1) is 28.3. The van der Waals surface area contributed by atoms with E-state index >= 15 is 0 Å². The molecular formula is C48H32S. The van der Waals surface area contributed by atoms with Gasteiger partial charge in [0.05, 0.1) is 0 Å².